The second-order valence-electron chi connectivity index (χ2n) is 4.56. The molecular formula is C21H12N2. The van der Waals surface area contributed by atoms with E-state index in [1.807, 2.05) is 42.5 Å². The molecule has 2 aromatic carbocycles. The summed E-state index contributed by atoms with van der Waals surface area (Å²) in [5.41, 5.74) is 3.09. The van der Waals surface area contributed by atoms with Crippen LogP contribution in [0.25, 0.3) is 0 Å². The Morgan fingerprint density at radius 1 is 0.826 bits per heavy atom. The molecule has 0 spiro atoms. The van der Waals surface area contributed by atoms with Crippen molar-refractivity contribution in [2.75, 3.05) is 0 Å². The van der Waals surface area contributed by atoms with Gasteiger partial charge in [-0.05, 0) is 42.0 Å². The number of allylic oxidation sites excluding steroid dienone is 2. The SMILES string of the molecule is N#CCc1cccc(C#CC=CC#Cc2ccccc2C#N)c1. The van der Waals surface area contributed by atoms with E-state index in [0.29, 0.717) is 17.5 Å². The highest BCUT2D eigenvalue weighted by atomic mass is 14.2. The van der Waals surface area contributed by atoms with Gasteiger partial charge in [-0.1, -0.05) is 47.9 Å². The molecule has 0 amide bonds. The molecule has 106 valence electrons. The third-order valence-electron chi connectivity index (χ3n) is 2.93. The number of benzene rings is 2. The van der Waals surface area contributed by atoms with E-state index in [1.165, 1.54) is 0 Å². The maximum absolute atomic E-state index is 8.97. The van der Waals surface area contributed by atoms with Crippen LogP contribution in [-0.2, 0) is 6.42 Å². The smallest absolute Gasteiger partial charge is 0.100 e. The highest BCUT2D eigenvalue weighted by Gasteiger charge is 1.94. The highest BCUT2D eigenvalue weighted by molar-refractivity contribution is 5.49. The molecule has 2 rings (SSSR count). The number of rotatable bonds is 1. The van der Waals surface area contributed by atoms with Crippen LogP contribution in [0.5, 0.6) is 0 Å². The minimum absolute atomic E-state index is 0.384. The maximum atomic E-state index is 8.97. The lowest BCUT2D eigenvalue weighted by molar-refractivity contribution is 1.26. The minimum Gasteiger partial charge on any atom is -0.198 e. The molecule has 0 saturated carbocycles. The van der Waals surface area contributed by atoms with Crippen molar-refractivity contribution in [2.24, 2.45) is 0 Å². The van der Waals surface area contributed by atoms with Crippen molar-refractivity contribution in [1.29, 1.82) is 10.5 Å². The van der Waals surface area contributed by atoms with Crippen LogP contribution in [0.15, 0.2) is 60.7 Å². The molecule has 2 heteroatoms. The molecule has 2 nitrogen and oxygen atoms in total. The molecule has 0 aromatic heterocycles. The zero-order valence-corrected chi connectivity index (χ0v) is 12.4. The predicted octanol–water partition coefficient (Wildman–Crippen LogP) is 3.58. The molecule has 0 saturated heterocycles. The molecule has 0 aliphatic rings. The first kappa shape index (κ1) is 15.7. The van der Waals surface area contributed by atoms with Crippen LogP contribution in [0, 0.1) is 46.3 Å². The highest BCUT2D eigenvalue weighted by Crippen LogP contribution is 2.05. The second kappa shape index (κ2) is 8.54. The van der Waals surface area contributed by atoms with Gasteiger partial charge in [-0.25, -0.2) is 0 Å². The lowest BCUT2D eigenvalue weighted by Gasteiger charge is -1.94. The van der Waals surface area contributed by atoms with Crippen LogP contribution >= 0.6 is 0 Å². The minimum atomic E-state index is 0.384. The summed E-state index contributed by atoms with van der Waals surface area (Å²) in [6.07, 6.45) is 3.70. The topological polar surface area (TPSA) is 47.6 Å². The zero-order valence-electron chi connectivity index (χ0n) is 12.4. The third kappa shape index (κ3) is 4.95. The first-order valence-electron chi connectivity index (χ1n) is 6.96. The number of nitriles is 2. The monoisotopic (exact) mass is 292 g/mol. The molecule has 0 fully saturated rings. The summed E-state index contributed by atoms with van der Waals surface area (Å²) in [5, 5.41) is 17.7. The van der Waals surface area contributed by atoms with E-state index in [9.17, 15) is 0 Å². The van der Waals surface area contributed by atoms with Crippen LogP contribution in [0.1, 0.15) is 22.3 Å². The van der Waals surface area contributed by atoms with E-state index in [2.05, 4.69) is 35.8 Å². The van der Waals surface area contributed by atoms with Crippen molar-refractivity contribution < 1.29 is 0 Å². The molecule has 0 atom stereocenters. The molecule has 0 unspecified atom stereocenters. The zero-order chi connectivity index (χ0) is 16.3. The Morgan fingerprint density at radius 2 is 1.57 bits per heavy atom. The molecule has 0 N–H and O–H groups in total. The van der Waals surface area contributed by atoms with Crippen LogP contribution < -0.4 is 0 Å². The largest absolute Gasteiger partial charge is 0.198 e. The van der Waals surface area contributed by atoms with E-state index in [1.54, 1.807) is 18.2 Å². The third-order valence-corrected chi connectivity index (χ3v) is 2.93. The standard InChI is InChI=1S/C21H12N2/c22-15-14-19-10-7-9-18(16-19)8-3-1-2-4-11-20-12-5-6-13-21(20)17-23/h1-2,5-7,9-10,12-13,16H,14H2. The number of nitrogens with zero attached hydrogens (tertiary/aromatic N) is 2. The maximum Gasteiger partial charge on any atom is 0.100 e. The Kier molecular flexibility index (Phi) is 5.82. The van der Waals surface area contributed by atoms with Gasteiger partial charge >= 0.3 is 0 Å². The Balaban J connectivity index is 2.05. The van der Waals surface area contributed by atoms with Crippen molar-refractivity contribution in [3.05, 3.63) is 82.9 Å². The second-order valence-corrected chi connectivity index (χ2v) is 4.56. The number of hydrogen-bond donors (Lipinski definition) is 0. The van der Waals surface area contributed by atoms with Crippen LogP contribution in [0.2, 0.25) is 0 Å². The quantitative estimate of drug-likeness (QED) is 0.754. The van der Waals surface area contributed by atoms with Crippen LogP contribution in [0.4, 0.5) is 0 Å². The summed E-state index contributed by atoms with van der Waals surface area (Å²) in [6.45, 7) is 0. The van der Waals surface area contributed by atoms with Crippen molar-refractivity contribution >= 4 is 0 Å². The van der Waals surface area contributed by atoms with Gasteiger partial charge < -0.3 is 0 Å². The summed E-state index contributed by atoms with van der Waals surface area (Å²) in [5.74, 6) is 11.7. The summed E-state index contributed by atoms with van der Waals surface area (Å²) in [4.78, 5) is 0. The van der Waals surface area contributed by atoms with Crippen molar-refractivity contribution in [3.8, 4) is 35.8 Å². The van der Waals surface area contributed by atoms with Crippen molar-refractivity contribution in [2.45, 2.75) is 6.42 Å². The van der Waals surface area contributed by atoms with Gasteiger partial charge in [0, 0.05) is 11.1 Å². The number of hydrogen-bond acceptors (Lipinski definition) is 2. The van der Waals surface area contributed by atoms with Crippen molar-refractivity contribution in [1.82, 2.24) is 0 Å². The Bertz CT molecular complexity index is 930. The van der Waals surface area contributed by atoms with Gasteiger partial charge in [0.25, 0.3) is 0 Å². The summed E-state index contributed by atoms with van der Waals surface area (Å²) < 4.78 is 0. The van der Waals surface area contributed by atoms with E-state index in [-0.39, 0.29) is 0 Å². The fourth-order valence-corrected chi connectivity index (χ4v) is 1.87. The first-order valence-corrected chi connectivity index (χ1v) is 6.96. The van der Waals surface area contributed by atoms with E-state index in [0.717, 1.165) is 11.1 Å². The van der Waals surface area contributed by atoms with Gasteiger partial charge in [-0.3, -0.25) is 0 Å². The molecule has 0 aliphatic carbocycles. The predicted molar refractivity (Wildman–Crippen MR) is 89.8 cm³/mol. The average Bonchev–Trinajstić information content (AvgIpc) is 2.59. The molecule has 2 aromatic rings. The molecule has 0 aliphatic heterocycles. The Morgan fingerprint density at radius 3 is 2.30 bits per heavy atom. The van der Waals surface area contributed by atoms with Crippen LogP contribution in [0.3, 0.4) is 0 Å². The fourth-order valence-electron chi connectivity index (χ4n) is 1.87. The van der Waals surface area contributed by atoms with Gasteiger partial charge in [0.15, 0.2) is 0 Å². The van der Waals surface area contributed by atoms with Crippen molar-refractivity contribution in [3.63, 3.8) is 0 Å². The van der Waals surface area contributed by atoms with Gasteiger partial charge in [-0.15, -0.1) is 0 Å². The normalized spacial score (nSPS) is 8.96. The van der Waals surface area contributed by atoms with Gasteiger partial charge in [0.05, 0.1) is 18.1 Å². The van der Waals surface area contributed by atoms with Gasteiger partial charge in [0.2, 0.25) is 0 Å². The Labute approximate surface area is 136 Å². The van der Waals surface area contributed by atoms with Gasteiger partial charge in [0.1, 0.15) is 6.07 Å². The molecule has 0 heterocycles. The molecule has 0 bridgehead atoms. The summed E-state index contributed by atoms with van der Waals surface area (Å²) >= 11 is 0. The first-order chi connectivity index (χ1) is 11.3. The summed E-state index contributed by atoms with van der Waals surface area (Å²) in [6, 6.07) is 19.0. The van der Waals surface area contributed by atoms with E-state index < -0.39 is 0 Å². The van der Waals surface area contributed by atoms with Gasteiger partial charge in [-0.2, -0.15) is 10.5 Å². The van der Waals surface area contributed by atoms with E-state index in [4.69, 9.17) is 10.5 Å². The summed E-state index contributed by atoms with van der Waals surface area (Å²) in [7, 11) is 0. The fraction of sp³-hybridized carbons (Fsp3) is 0.0476. The molecular weight excluding hydrogens is 280 g/mol. The van der Waals surface area contributed by atoms with Crippen LogP contribution in [-0.4, -0.2) is 0 Å². The Hall–Kier alpha value is -3.72. The molecule has 0 radical (unpaired) electrons. The van der Waals surface area contributed by atoms with E-state index >= 15 is 0 Å². The lowest BCUT2D eigenvalue weighted by Crippen LogP contribution is -1.82. The average molecular weight is 292 g/mol. The lowest BCUT2D eigenvalue weighted by atomic mass is 10.1. The molecule has 23 heavy (non-hydrogen) atoms.